The summed E-state index contributed by atoms with van der Waals surface area (Å²) in [5.41, 5.74) is 3.56. The monoisotopic (exact) mass is 384 g/mol. The fourth-order valence-electron chi connectivity index (χ4n) is 3.27. The summed E-state index contributed by atoms with van der Waals surface area (Å²) in [6.07, 6.45) is 6.42. The predicted octanol–water partition coefficient (Wildman–Crippen LogP) is 7.95. The smallest absolute Gasteiger partial charge is 0.0523 e. The topological polar surface area (TPSA) is 24.1 Å². The number of anilines is 3. The summed E-state index contributed by atoms with van der Waals surface area (Å²) in [4.78, 5) is 1.33. The summed E-state index contributed by atoms with van der Waals surface area (Å²) in [6.45, 7) is 9.10. The van der Waals surface area contributed by atoms with Gasteiger partial charge in [0.25, 0.3) is 0 Å². The molecule has 2 rings (SSSR count). The highest BCUT2D eigenvalue weighted by Crippen LogP contribution is 2.33. The van der Waals surface area contributed by atoms with Crippen molar-refractivity contribution >= 4 is 28.8 Å². The molecule has 3 heteroatoms. The van der Waals surface area contributed by atoms with Gasteiger partial charge in [-0.05, 0) is 61.8 Å². The Morgan fingerprint density at radius 1 is 0.889 bits per heavy atom. The van der Waals surface area contributed by atoms with Crippen LogP contribution in [-0.4, -0.2) is 11.8 Å². The zero-order valence-corrected chi connectivity index (χ0v) is 18.2. The Labute approximate surface area is 170 Å². The summed E-state index contributed by atoms with van der Waals surface area (Å²) in [6, 6.07) is 17.6. The highest BCUT2D eigenvalue weighted by atomic mass is 32.2. The molecular formula is C24H36N2S. The quantitative estimate of drug-likeness (QED) is 0.287. The van der Waals surface area contributed by atoms with Crippen molar-refractivity contribution in [2.45, 2.75) is 70.7 Å². The Balaban J connectivity index is 2.08. The van der Waals surface area contributed by atoms with Crippen LogP contribution in [0.15, 0.2) is 53.4 Å². The number of rotatable bonds is 12. The van der Waals surface area contributed by atoms with E-state index in [0.29, 0.717) is 12.0 Å². The van der Waals surface area contributed by atoms with Crippen molar-refractivity contribution in [3.63, 3.8) is 0 Å². The van der Waals surface area contributed by atoms with E-state index in [4.69, 9.17) is 0 Å². The molecule has 0 aliphatic carbocycles. The van der Waals surface area contributed by atoms with Crippen molar-refractivity contribution in [1.82, 2.24) is 0 Å². The second-order valence-electron chi connectivity index (χ2n) is 7.79. The van der Waals surface area contributed by atoms with Crippen molar-refractivity contribution in [3.05, 3.63) is 48.5 Å². The number of nitrogens with one attached hydrogen (secondary N) is 2. The number of para-hydroxylation sites is 1. The molecule has 0 saturated heterocycles. The molecule has 27 heavy (non-hydrogen) atoms. The third-order valence-electron chi connectivity index (χ3n) is 4.53. The first-order valence-electron chi connectivity index (χ1n) is 10.4. The molecule has 0 heterocycles. The molecule has 0 aromatic heterocycles. The molecule has 2 aromatic rings. The fourth-order valence-corrected chi connectivity index (χ4v) is 4.33. The molecule has 0 fully saturated rings. The van der Waals surface area contributed by atoms with Crippen LogP contribution in [0.25, 0.3) is 0 Å². The van der Waals surface area contributed by atoms with E-state index < -0.39 is 0 Å². The fraction of sp³-hybridized carbons (Fsp3) is 0.500. The van der Waals surface area contributed by atoms with Crippen molar-refractivity contribution in [2.75, 3.05) is 16.4 Å². The summed E-state index contributed by atoms with van der Waals surface area (Å²) >= 11 is 1.97. The molecule has 148 valence electrons. The average Bonchev–Trinajstić information content (AvgIpc) is 2.63. The van der Waals surface area contributed by atoms with E-state index in [1.807, 2.05) is 11.8 Å². The zero-order chi connectivity index (χ0) is 19.5. The molecule has 2 nitrogen and oxygen atoms in total. The highest BCUT2D eigenvalue weighted by molar-refractivity contribution is 7.99. The Hall–Kier alpha value is -1.61. The molecule has 0 bridgehead atoms. The van der Waals surface area contributed by atoms with Crippen LogP contribution in [0.4, 0.5) is 17.1 Å². The van der Waals surface area contributed by atoms with Gasteiger partial charge in [-0.3, -0.25) is 0 Å². The zero-order valence-electron chi connectivity index (χ0n) is 17.4. The largest absolute Gasteiger partial charge is 0.383 e. The Bertz CT molecular complexity index is 655. The van der Waals surface area contributed by atoms with Gasteiger partial charge in [0.05, 0.1) is 5.69 Å². The van der Waals surface area contributed by atoms with Gasteiger partial charge < -0.3 is 10.6 Å². The van der Waals surface area contributed by atoms with Crippen molar-refractivity contribution in [3.8, 4) is 0 Å². The van der Waals surface area contributed by atoms with E-state index in [1.165, 1.54) is 54.1 Å². The van der Waals surface area contributed by atoms with Crippen LogP contribution in [-0.2, 0) is 0 Å². The van der Waals surface area contributed by atoms with Crippen molar-refractivity contribution in [2.24, 2.45) is 5.92 Å². The van der Waals surface area contributed by atoms with E-state index >= 15 is 0 Å². The van der Waals surface area contributed by atoms with Crippen LogP contribution < -0.4 is 10.6 Å². The Kier molecular flexibility index (Phi) is 9.61. The predicted molar refractivity (Wildman–Crippen MR) is 124 cm³/mol. The molecular weight excluding hydrogens is 348 g/mol. The van der Waals surface area contributed by atoms with Gasteiger partial charge in [-0.25, -0.2) is 0 Å². The van der Waals surface area contributed by atoms with Crippen LogP contribution in [0.2, 0.25) is 0 Å². The van der Waals surface area contributed by atoms with Crippen LogP contribution in [0, 0.1) is 5.92 Å². The maximum atomic E-state index is 3.67. The molecule has 0 spiro atoms. The molecule has 0 saturated carbocycles. The number of benzene rings is 2. The first-order valence-corrected chi connectivity index (χ1v) is 11.4. The molecule has 1 atom stereocenters. The van der Waals surface area contributed by atoms with Gasteiger partial charge in [0.2, 0.25) is 0 Å². The number of hydrogen-bond acceptors (Lipinski definition) is 3. The maximum absolute atomic E-state index is 3.67. The second-order valence-corrected chi connectivity index (χ2v) is 8.92. The van der Waals surface area contributed by atoms with Crippen LogP contribution in [0.1, 0.15) is 59.8 Å². The van der Waals surface area contributed by atoms with Crippen molar-refractivity contribution < 1.29 is 0 Å². The van der Waals surface area contributed by atoms with E-state index in [1.54, 1.807) is 0 Å². The minimum atomic E-state index is 0.486. The molecule has 1 unspecified atom stereocenters. The maximum Gasteiger partial charge on any atom is 0.0523 e. The van der Waals surface area contributed by atoms with Crippen molar-refractivity contribution in [1.29, 1.82) is 0 Å². The molecule has 0 aliphatic rings. The van der Waals surface area contributed by atoms with Gasteiger partial charge in [0.15, 0.2) is 0 Å². The summed E-state index contributed by atoms with van der Waals surface area (Å²) < 4.78 is 0. The summed E-state index contributed by atoms with van der Waals surface area (Å²) in [5, 5.41) is 7.26. The van der Waals surface area contributed by atoms with Gasteiger partial charge in [-0.2, -0.15) is 0 Å². The van der Waals surface area contributed by atoms with Gasteiger partial charge in [-0.15, -0.1) is 11.8 Å². The Morgan fingerprint density at radius 2 is 1.67 bits per heavy atom. The van der Waals surface area contributed by atoms with Gasteiger partial charge in [-0.1, -0.05) is 58.2 Å². The second kappa shape index (κ2) is 12.0. The Morgan fingerprint density at radius 3 is 2.37 bits per heavy atom. The van der Waals surface area contributed by atoms with Crippen LogP contribution in [0.3, 0.4) is 0 Å². The van der Waals surface area contributed by atoms with Crippen LogP contribution >= 0.6 is 11.8 Å². The molecule has 0 aliphatic heterocycles. The lowest BCUT2D eigenvalue weighted by Crippen LogP contribution is -2.17. The molecule has 2 N–H and O–H groups in total. The number of unbranched alkanes of at least 4 members (excludes halogenated alkanes) is 3. The average molecular weight is 385 g/mol. The lowest BCUT2D eigenvalue weighted by molar-refractivity contribution is 0.540. The van der Waals surface area contributed by atoms with Gasteiger partial charge in [0, 0.05) is 22.3 Å². The number of hydrogen-bond donors (Lipinski definition) is 2. The SMILES string of the molecule is CCCCCCSc1cc(NC(C)CC(C)C)ccc1Nc1ccccc1. The minimum absolute atomic E-state index is 0.486. The van der Waals surface area contributed by atoms with E-state index in [-0.39, 0.29) is 0 Å². The lowest BCUT2D eigenvalue weighted by atomic mass is 10.1. The molecule has 0 amide bonds. The third kappa shape index (κ3) is 8.30. The third-order valence-corrected chi connectivity index (χ3v) is 5.67. The van der Waals surface area contributed by atoms with E-state index in [2.05, 4.69) is 86.9 Å². The summed E-state index contributed by atoms with van der Waals surface area (Å²) in [7, 11) is 0. The first-order chi connectivity index (χ1) is 13.1. The molecule has 0 radical (unpaired) electrons. The highest BCUT2D eigenvalue weighted by Gasteiger charge is 2.09. The van der Waals surface area contributed by atoms with Gasteiger partial charge >= 0.3 is 0 Å². The lowest BCUT2D eigenvalue weighted by Gasteiger charge is -2.19. The summed E-state index contributed by atoms with van der Waals surface area (Å²) in [5.74, 6) is 1.88. The normalized spacial score (nSPS) is 12.2. The first kappa shape index (κ1) is 21.7. The number of thioether (sulfide) groups is 1. The standard InChI is InChI=1S/C24H36N2S/c1-5-6-7-11-16-27-24-18-22(25-20(4)17-19(2)3)14-15-23(24)26-21-12-9-8-10-13-21/h8-10,12-15,18-20,25-26H,5-7,11,16-17H2,1-4H3. The van der Waals surface area contributed by atoms with Gasteiger partial charge in [0.1, 0.15) is 0 Å². The van der Waals surface area contributed by atoms with Crippen LogP contribution in [0.5, 0.6) is 0 Å². The minimum Gasteiger partial charge on any atom is -0.383 e. The molecule has 2 aromatic carbocycles. The van der Waals surface area contributed by atoms with E-state index in [0.717, 1.165) is 5.69 Å². The van der Waals surface area contributed by atoms with E-state index in [9.17, 15) is 0 Å².